The van der Waals surface area contributed by atoms with Crippen LogP contribution in [0.15, 0.2) is 42.3 Å². The number of imidazole rings is 2. The van der Waals surface area contributed by atoms with Gasteiger partial charge in [-0.3, -0.25) is 9.20 Å². The molecule has 5 heterocycles. The topological polar surface area (TPSA) is 77.5 Å². The molecule has 8 nitrogen and oxygen atoms in total. The molecule has 148 valence electrons. The molecule has 9 heteroatoms. The molecule has 0 N–H and O–H groups in total. The highest BCUT2D eigenvalue weighted by atomic mass is 32.1. The van der Waals surface area contributed by atoms with Gasteiger partial charge in [-0.1, -0.05) is 6.07 Å². The van der Waals surface area contributed by atoms with Gasteiger partial charge in [0.1, 0.15) is 5.69 Å². The number of ether oxygens (including phenoxy) is 1. The van der Waals surface area contributed by atoms with Gasteiger partial charge in [0.2, 0.25) is 0 Å². The van der Waals surface area contributed by atoms with Crippen molar-refractivity contribution in [2.24, 2.45) is 0 Å². The van der Waals surface area contributed by atoms with E-state index in [9.17, 15) is 4.79 Å². The highest BCUT2D eigenvalue weighted by molar-refractivity contribution is 7.09. The molecule has 1 fully saturated rings. The number of aryl methyl sites for hydroxylation is 1. The Labute approximate surface area is 171 Å². The molecule has 0 saturated carbocycles. The Morgan fingerprint density at radius 3 is 2.90 bits per heavy atom. The first kappa shape index (κ1) is 18.0. The van der Waals surface area contributed by atoms with Gasteiger partial charge in [-0.15, -0.1) is 11.3 Å². The van der Waals surface area contributed by atoms with E-state index in [1.165, 1.54) is 0 Å². The van der Waals surface area contributed by atoms with E-state index in [0.717, 1.165) is 21.9 Å². The molecule has 4 aromatic heterocycles. The number of hydrogen-bond acceptors (Lipinski definition) is 6. The first-order valence-corrected chi connectivity index (χ1v) is 10.3. The average Bonchev–Trinajstić information content (AvgIpc) is 3.47. The minimum Gasteiger partial charge on any atom is -0.378 e. The van der Waals surface area contributed by atoms with E-state index in [2.05, 4.69) is 15.3 Å². The minimum absolute atomic E-state index is 0.0689. The van der Waals surface area contributed by atoms with Crippen molar-refractivity contribution in [3.63, 3.8) is 0 Å². The Morgan fingerprint density at radius 2 is 2.10 bits per heavy atom. The van der Waals surface area contributed by atoms with Gasteiger partial charge in [0.15, 0.2) is 11.5 Å². The zero-order valence-corrected chi connectivity index (χ0v) is 16.8. The fourth-order valence-corrected chi connectivity index (χ4v) is 4.13. The molecular formula is C20H20N6O2S. The predicted molar refractivity (Wildman–Crippen MR) is 109 cm³/mol. The lowest BCUT2D eigenvalue weighted by atomic mass is 10.3. The molecule has 0 aliphatic carbocycles. The van der Waals surface area contributed by atoms with E-state index in [1.54, 1.807) is 22.6 Å². The zero-order valence-electron chi connectivity index (χ0n) is 16.0. The smallest absolute Gasteiger partial charge is 0.274 e. The fourth-order valence-electron chi connectivity index (χ4n) is 3.52. The zero-order chi connectivity index (χ0) is 19.8. The van der Waals surface area contributed by atoms with Crippen LogP contribution in [-0.4, -0.2) is 61.0 Å². The van der Waals surface area contributed by atoms with Crippen LogP contribution in [0.2, 0.25) is 0 Å². The quantitative estimate of drug-likeness (QED) is 0.518. The standard InChI is InChI=1S/C20H20N6O2S/c1-14-22-15(12-29-14)10-24-11-16(21-13-24)19-23-18(17-4-2-3-5-26(17)19)20(27)25-6-8-28-9-7-25/h2-5,11-13H,6-10H2,1H3. The molecule has 29 heavy (non-hydrogen) atoms. The summed E-state index contributed by atoms with van der Waals surface area (Å²) in [4.78, 5) is 28.6. The molecule has 0 unspecified atom stereocenters. The lowest BCUT2D eigenvalue weighted by molar-refractivity contribution is 0.0301. The molecule has 0 atom stereocenters. The normalized spacial score (nSPS) is 14.6. The van der Waals surface area contributed by atoms with E-state index in [4.69, 9.17) is 9.72 Å². The van der Waals surface area contributed by atoms with Crippen molar-refractivity contribution in [2.75, 3.05) is 26.3 Å². The maximum absolute atomic E-state index is 13.1. The molecule has 0 bridgehead atoms. The summed E-state index contributed by atoms with van der Waals surface area (Å²) in [5.74, 6) is 0.589. The highest BCUT2D eigenvalue weighted by Gasteiger charge is 2.25. The fraction of sp³-hybridized carbons (Fsp3) is 0.300. The summed E-state index contributed by atoms with van der Waals surface area (Å²) < 4.78 is 9.27. The second-order valence-electron chi connectivity index (χ2n) is 6.93. The van der Waals surface area contributed by atoms with Gasteiger partial charge >= 0.3 is 0 Å². The SMILES string of the molecule is Cc1nc(Cn2cnc(-c3nc(C(=O)N4CCOCC4)c4ccccn34)c2)cs1. The van der Waals surface area contributed by atoms with Crippen LogP contribution in [0.5, 0.6) is 0 Å². The Bertz CT molecular complexity index is 1170. The third kappa shape index (κ3) is 3.43. The van der Waals surface area contributed by atoms with Gasteiger partial charge in [-0.25, -0.2) is 15.0 Å². The van der Waals surface area contributed by atoms with Crippen LogP contribution >= 0.6 is 11.3 Å². The summed E-state index contributed by atoms with van der Waals surface area (Å²) in [6.07, 6.45) is 5.63. The second-order valence-corrected chi connectivity index (χ2v) is 8.00. The molecule has 1 amide bonds. The molecule has 0 spiro atoms. The average molecular weight is 408 g/mol. The monoisotopic (exact) mass is 408 g/mol. The molecule has 0 radical (unpaired) electrons. The number of fused-ring (bicyclic) bond motifs is 1. The molecule has 1 saturated heterocycles. The molecule has 1 aliphatic heterocycles. The van der Waals surface area contributed by atoms with E-state index in [-0.39, 0.29) is 5.91 Å². The lowest BCUT2D eigenvalue weighted by Crippen LogP contribution is -2.40. The van der Waals surface area contributed by atoms with Crippen molar-refractivity contribution in [1.82, 2.24) is 28.8 Å². The molecule has 5 rings (SSSR count). The Kier molecular flexibility index (Phi) is 4.61. The lowest BCUT2D eigenvalue weighted by Gasteiger charge is -2.26. The van der Waals surface area contributed by atoms with Gasteiger partial charge in [0.25, 0.3) is 5.91 Å². The van der Waals surface area contributed by atoms with Gasteiger partial charge < -0.3 is 14.2 Å². The van der Waals surface area contributed by atoms with Crippen LogP contribution in [0, 0.1) is 6.92 Å². The van der Waals surface area contributed by atoms with Crippen molar-refractivity contribution in [3.05, 3.63) is 58.7 Å². The van der Waals surface area contributed by atoms with Crippen molar-refractivity contribution in [2.45, 2.75) is 13.5 Å². The highest BCUT2D eigenvalue weighted by Crippen LogP contribution is 2.23. The third-order valence-electron chi connectivity index (χ3n) is 4.92. The van der Waals surface area contributed by atoms with Crippen LogP contribution in [0.3, 0.4) is 0 Å². The number of amides is 1. The molecule has 1 aliphatic rings. The summed E-state index contributed by atoms with van der Waals surface area (Å²) >= 11 is 1.64. The number of carbonyl (C=O) groups is 1. The summed E-state index contributed by atoms with van der Waals surface area (Å²) in [7, 11) is 0. The van der Waals surface area contributed by atoms with Crippen LogP contribution in [0.1, 0.15) is 21.2 Å². The number of nitrogens with zero attached hydrogens (tertiary/aromatic N) is 6. The number of morpholine rings is 1. The first-order chi connectivity index (χ1) is 14.2. The number of carbonyl (C=O) groups excluding carboxylic acids is 1. The third-order valence-corrected chi connectivity index (χ3v) is 5.75. The summed E-state index contributed by atoms with van der Waals surface area (Å²) in [6, 6.07) is 5.76. The Morgan fingerprint density at radius 1 is 1.24 bits per heavy atom. The summed E-state index contributed by atoms with van der Waals surface area (Å²) in [5.41, 5.74) is 2.96. The van der Waals surface area contributed by atoms with Gasteiger partial charge in [-0.2, -0.15) is 0 Å². The van der Waals surface area contributed by atoms with Crippen LogP contribution in [0.25, 0.3) is 17.0 Å². The molecular weight excluding hydrogens is 388 g/mol. The van der Waals surface area contributed by atoms with E-state index in [0.29, 0.717) is 44.4 Å². The number of aromatic nitrogens is 5. The number of thiazole rings is 1. The largest absolute Gasteiger partial charge is 0.378 e. The van der Waals surface area contributed by atoms with Crippen LogP contribution in [0.4, 0.5) is 0 Å². The molecule has 4 aromatic rings. The van der Waals surface area contributed by atoms with E-state index < -0.39 is 0 Å². The number of hydrogen-bond donors (Lipinski definition) is 0. The number of pyridine rings is 1. The maximum atomic E-state index is 13.1. The van der Waals surface area contributed by atoms with E-state index >= 15 is 0 Å². The van der Waals surface area contributed by atoms with Crippen molar-refractivity contribution < 1.29 is 9.53 Å². The van der Waals surface area contributed by atoms with Crippen LogP contribution in [-0.2, 0) is 11.3 Å². The van der Waals surface area contributed by atoms with Crippen molar-refractivity contribution in [3.8, 4) is 11.5 Å². The second kappa shape index (κ2) is 7.41. The predicted octanol–water partition coefficient (Wildman–Crippen LogP) is 2.48. The Hall–Kier alpha value is -3.04. The van der Waals surface area contributed by atoms with Crippen molar-refractivity contribution in [1.29, 1.82) is 0 Å². The van der Waals surface area contributed by atoms with Gasteiger partial charge in [0.05, 0.1) is 42.3 Å². The van der Waals surface area contributed by atoms with Gasteiger partial charge in [-0.05, 0) is 19.1 Å². The minimum atomic E-state index is -0.0689. The van der Waals surface area contributed by atoms with Crippen LogP contribution < -0.4 is 0 Å². The van der Waals surface area contributed by atoms with E-state index in [1.807, 2.05) is 46.5 Å². The summed E-state index contributed by atoms with van der Waals surface area (Å²) in [6.45, 7) is 4.94. The van der Waals surface area contributed by atoms with Gasteiger partial charge in [0, 0.05) is 30.9 Å². The van der Waals surface area contributed by atoms with Crippen molar-refractivity contribution >= 4 is 22.8 Å². The first-order valence-electron chi connectivity index (χ1n) is 9.46. The Balaban J connectivity index is 1.50. The molecule has 0 aromatic carbocycles. The maximum Gasteiger partial charge on any atom is 0.274 e. The number of rotatable bonds is 4. The summed E-state index contributed by atoms with van der Waals surface area (Å²) in [5, 5.41) is 3.10.